The van der Waals surface area contributed by atoms with Crippen molar-refractivity contribution in [1.82, 2.24) is 24.3 Å². The normalized spacial score (nSPS) is 15.1. The van der Waals surface area contributed by atoms with E-state index in [2.05, 4.69) is 15.3 Å². The van der Waals surface area contributed by atoms with E-state index in [0.717, 1.165) is 10.3 Å². The van der Waals surface area contributed by atoms with E-state index < -0.39 is 12.0 Å². The van der Waals surface area contributed by atoms with Crippen LogP contribution < -0.4 is 10.1 Å². The number of rotatable bonds is 6. The fourth-order valence-corrected chi connectivity index (χ4v) is 3.81. The van der Waals surface area contributed by atoms with E-state index in [-0.39, 0.29) is 23.7 Å². The second-order valence-electron chi connectivity index (χ2n) is 7.65. The number of imidazole rings is 1. The van der Waals surface area contributed by atoms with Crippen molar-refractivity contribution in [1.29, 1.82) is 0 Å². The smallest absolute Gasteiger partial charge is 0.449 e. The van der Waals surface area contributed by atoms with Gasteiger partial charge < -0.3 is 19.5 Å². The summed E-state index contributed by atoms with van der Waals surface area (Å²) in [5.74, 6) is -0.205. The number of pyridine rings is 1. The molecule has 0 unspecified atom stereocenters. The molecule has 0 radical (unpaired) electrons. The number of nitrogens with one attached hydrogen (secondary N) is 1. The van der Waals surface area contributed by atoms with Gasteiger partial charge in [-0.05, 0) is 43.3 Å². The fourth-order valence-electron chi connectivity index (χ4n) is 3.81. The van der Waals surface area contributed by atoms with Crippen LogP contribution in [0.2, 0.25) is 0 Å². The number of piperazine rings is 1. The lowest BCUT2D eigenvalue weighted by molar-refractivity contribution is -0.147. The average molecular weight is 462 g/mol. The molecule has 33 heavy (non-hydrogen) atoms. The van der Waals surface area contributed by atoms with Gasteiger partial charge >= 0.3 is 12.2 Å². The van der Waals surface area contributed by atoms with Crippen LogP contribution in [0.1, 0.15) is 12.7 Å². The molecule has 1 aliphatic heterocycles. The molecular formula is C22H25F3N6O2. The first-order valence-electron chi connectivity index (χ1n) is 10.7. The number of carbonyl (C=O) groups is 1. The first-order chi connectivity index (χ1) is 15.8. The van der Waals surface area contributed by atoms with E-state index in [1.165, 1.54) is 12.3 Å². The van der Waals surface area contributed by atoms with Crippen molar-refractivity contribution in [3.05, 3.63) is 48.4 Å². The molecule has 11 heteroatoms. The van der Waals surface area contributed by atoms with Crippen molar-refractivity contribution < 1.29 is 22.7 Å². The zero-order valence-corrected chi connectivity index (χ0v) is 18.2. The van der Waals surface area contributed by atoms with Crippen LogP contribution in [0.5, 0.6) is 5.75 Å². The number of anilines is 1. The van der Waals surface area contributed by atoms with Gasteiger partial charge in [0.25, 0.3) is 0 Å². The molecule has 1 aromatic carbocycles. The SMILES string of the molecule is CCOc1ccc(NC(=O)N2CCN(CCn3c(C(F)(F)F)nc4cccnc43)CC2)cc1. The maximum Gasteiger partial charge on any atom is 0.449 e. The first-order valence-corrected chi connectivity index (χ1v) is 10.7. The third kappa shape index (κ3) is 5.36. The van der Waals surface area contributed by atoms with Gasteiger partial charge in [-0.15, -0.1) is 0 Å². The highest BCUT2D eigenvalue weighted by molar-refractivity contribution is 5.89. The van der Waals surface area contributed by atoms with Crippen LogP contribution in [0.15, 0.2) is 42.6 Å². The van der Waals surface area contributed by atoms with Crippen molar-refractivity contribution in [3.63, 3.8) is 0 Å². The number of amides is 2. The van der Waals surface area contributed by atoms with E-state index >= 15 is 0 Å². The maximum absolute atomic E-state index is 13.4. The first kappa shape index (κ1) is 22.8. The number of hydrogen-bond acceptors (Lipinski definition) is 5. The molecular weight excluding hydrogens is 437 g/mol. The van der Waals surface area contributed by atoms with Gasteiger partial charge in [0.2, 0.25) is 5.82 Å². The van der Waals surface area contributed by atoms with E-state index in [9.17, 15) is 18.0 Å². The summed E-state index contributed by atoms with van der Waals surface area (Å²) in [4.78, 5) is 24.1. The fraction of sp³-hybridized carbons (Fsp3) is 0.409. The maximum atomic E-state index is 13.4. The van der Waals surface area contributed by atoms with Crippen molar-refractivity contribution in [2.75, 3.05) is 44.6 Å². The predicted molar refractivity (Wildman–Crippen MR) is 117 cm³/mol. The number of aromatic nitrogens is 3. The van der Waals surface area contributed by atoms with Gasteiger partial charge in [0, 0.05) is 51.2 Å². The highest BCUT2D eigenvalue weighted by atomic mass is 19.4. The van der Waals surface area contributed by atoms with Gasteiger partial charge in [0.1, 0.15) is 11.3 Å². The minimum Gasteiger partial charge on any atom is -0.494 e. The third-order valence-electron chi connectivity index (χ3n) is 5.47. The Morgan fingerprint density at radius 3 is 2.48 bits per heavy atom. The number of alkyl halides is 3. The van der Waals surface area contributed by atoms with Crippen molar-refractivity contribution in [2.24, 2.45) is 0 Å². The van der Waals surface area contributed by atoms with Crippen LogP contribution >= 0.6 is 0 Å². The van der Waals surface area contributed by atoms with Crippen LogP contribution in [-0.2, 0) is 12.7 Å². The Balaban J connectivity index is 1.31. The number of fused-ring (bicyclic) bond motifs is 1. The number of hydrogen-bond donors (Lipinski definition) is 1. The molecule has 0 saturated carbocycles. The molecule has 0 spiro atoms. The van der Waals surface area contributed by atoms with Gasteiger partial charge in [-0.25, -0.2) is 14.8 Å². The van der Waals surface area contributed by atoms with Crippen LogP contribution in [0.25, 0.3) is 11.2 Å². The number of urea groups is 1. The Morgan fingerprint density at radius 1 is 1.09 bits per heavy atom. The zero-order valence-electron chi connectivity index (χ0n) is 18.2. The van der Waals surface area contributed by atoms with Gasteiger partial charge in [0.15, 0.2) is 5.65 Å². The summed E-state index contributed by atoms with van der Waals surface area (Å²) < 4.78 is 46.9. The highest BCUT2D eigenvalue weighted by Crippen LogP contribution is 2.30. The highest BCUT2D eigenvalue weighted by Gasteiger charge is 2.38. The molecule has 2 amide bonds. The second kappa shape index (κ2) is 9.65. The molecule has 4 rings (SSSR count). The molecule has 0 atom stereocenters. The summed E-state index contributed by atoms with van der Waals surface area (Å²) in [5, 5.41) is 2.86. The molecule has 1 N–H and O–H groups in total. The number of carbonyl (C=O) groups excluding carboxylic acids is 1. The van der Waals surface area contributed by atoms with Crippen LogP contribution in [-0.4, -0.2) is 69.7 Å². The standard InChI is InChI=1S/C22H25F3N6O2/c1-2-33-17-7-5-16(6-8-17)27-21(32)30-13-10-29(11-14-30)12-15-31-19-18(4-3-9-26-19)28-20(31)22(23,24)25/h3-9H,2,10-15H2,1H3,(H,27,32). The quantitative estimate of drug-likeness (QED) is 0.605. The minimum absolute atomic E-state index is 0.112. The lowest BCUT2D eigenvalue weighted by atomic mass is 10.3. The summed E-state index contributed by atoms with van der Waals surface area (Å²) in [6.07, 6.45) is -3.10. The summed E-state index contributed by atoms with van der Waals surface area (Å²) in [6, 6.07) is 10.0. The van der Waals surface area contributed by atoms with Gasteiger partial charge in [-0.1, -0.05) is 0 Å². The number of benzene rings is 1. The number of halogens is 3. The van der Waals surface area contributed by atoms with E-state index in [0.29, 0.717) is 45.0 Å². The van der Waals surface area contributed by atoms with Crippen LogP contribution in [0, 0.1) is 0 Å². The molecule has 8 nitrogen and oxygen atoms in total. The lowest BCUT2D eigenvalue weighted by Crippen LogP contribution is -2.50. The van der Waals surface area contributed by atoms with Crippen molar-refractivity contribution >= 4 is 22.9 Å². The van der Waals surface area contributed by atoms with E-state index in [4.69, 9.17) is 4.74 Å². The third-order valence-corrected chi connectivity index (χ3v) is 5.47. The van der Waals surface area contributed by atoms with Crippen molar-refractivity contribution in [2.45, 2.75) is 19.6 Å². The van der Waals surface area contributed by atoms with Gasteiger partial charge in [-0.2, -0.15) is 13.2 Å². The molecule has 3 heterocycles. The van der Waals surface area contributed by atoms with Gasteiger partial charge in [-0.3, -0.25) is 4.90 Å². The molecule has 3 aromatic rings. The molecule has 1 saturated heterocycles. The predicted octanol–water partition coefficient (Wildman–Crippen LogP) is 3.70. The molecule has 1 fully saturated rings. The summed E-state index contributed by atoms with van der Waals surface area (Å²) in [7, 11) is 0. The summed E-state index contributed by atoms with van der Waals surface area (Å²) >= 11 is 0. The zero-order chi connectivity index (χ0) is 23.4. The van der Waals surface area contributed by atoms with Gasteiger partial charge in [0.05, 0.1) is 6.61 Å². The number of nitrogens with zero attached hydrogens (tertiary/aromatic N) is 5. The topological polar surface area (TPSA) is 75.5 Å². The monoisotopic (exact) mass is 462 g/mol. The Labute approximate surface area is 189 Å². The molecule has 1 aliphatic rings. The van der Waals surface area contributed by atoms with E-state index in [1.807, 2.05) is 11.8 Å². The molecule has 2 aromatic heterocycles. The van der Waals surface area contributed by atoms with E-state index in [1.54, 1.807) is 35.2 Å². The molecule has 0 bridgehead atoms. The number of ether oxygens (including phenoxy) is 1. The van der Waals surface area contributed by atoms with Crippen LogP contribution in [0.4, 0.5) is 23.7 Å². The van der Waals surface area contributed by atoms with Crippen molar-refractivity contribution in [3.8, 4) is 5.75 Å². The van der Waals surface area contributed by atoms with Crippen LogP contribution in [0.3, 0.4) is 0 Å². The Kier molecular flexibility index (Phi) is 6.68. The Morgan fingerprint density at radius 2 is 1.82 bits per heavy atom. The largest absolute Gasteiger partial charge is 0.494 e. The summed E-state index contributed by atoms with van der Waals surface area (Å²) in [5.41, 5.74) is 1.11. The summed E-state index contributed by atoms with van der Waals surface area (Å²) in [6.45, 7) is 5.09. The Hall–Kier alpha value is -3.34. The molecule has 176 valence electrons. The second-order valence-corrected chi connectivity index (χ2v) is 7.65. The lowest BCUT2D eigenvalue weighted by Gasteiger charge is -2.34. The Bertz CT molecular complexity index is 1090. The minimum atomic E-state index is -4.56. The average Bonchev–Trinajstić information content (AvgIpc) is 3.19. The molecule has 0 aliphatic carbocycles.